The first-order valence-electron chi connectivity index (χ1n) is 8.19. The number of nitrogens with zero attached hydrogens (tertiary/aromatic N) is 2. The van der Waals surface area contributed by atoms with E-state index in [0.717, 1.165) is 0 Å². The zero-order valence-electron chi connectivity index (χ0n) is 15.4. The van der Waals surface area contributed by atoms with Crippen molar-refractivity contribution in [3.63, 3.8) is 0 Å². The van der Waals surface area contributed by atoms with Gasteiger partial charge in [-0.15, -0.1) is 5.54 Å². The van der Waals surface area contributed by atoms with Gasteiger partial charge < -0.3 is 5.84 Å². The number of hydrogen-bond acceptors (Lipinski definition) is 3. The third-order valence-corrected chi connectivity index (χ3v) is 8.18. The molecule has 144 valence electrons. The molecular formula is C18H20F3N3O2Si. The van der Waals surface area contributed by atoms with Crippen molar-refractivity contribution in [2.24, 2.45) is 0 Å². The third kappa shape index (κ3) is 4.34. The van der Waals surface area contributed by atoms with Gasteiger partial charge in [-0.1, -0.05) is 32.9 Å². The van der Waals surface area contributed by atoms with E-state index in [4.69, 9.17) is 5.84 Å². The minimum absolute atomic E-state index is 0.0775. The molecule has 0 amide bonds. The summed E-state index contributed by atoms with van der Waals surface area (Å²) in [6.07, 6.45) is -4.90. The van der Waals surface area contributed by atoms with E-state index in [1.165, 1.54) is 12.1 Å². The van der Waals surface area contributed by atoms with Crippen LogP contribution in [0, 0.1) is 11.5 Å². The van der Waals surface area contributed by atoms with Crippen molar-refractivity contribution >= 4 is 8.07 Å². The van der Waals surface area contributed by atoms with Gasteiger partial charge in [-0.25, -0.2) is 14.0 Å². The van der Waals surface area contributed by atoms with Crippen LogP contribution in [0.1, 0.15) is 25.1 Å². The lowest BCUT2D eigenvalue weighted by atomic mass is 10.2. The predicted octanol–water partition coefficient (Wildman–Crippen LogP) is 2.74. The van der Waals surface area contributed by atoms with Crippen LogP contribution in [0.2, 0.25) is 18.6 Å². The molecule has 1 aromatic heterocycles. The number of alkyl halides is 3. The smallest absolute Gasteiger partial charge is 0.335 e. The average molecular weight is 395 g/mol. The zero-order chi connectivity index (χ0) is 20.6. The van der Waals surface area contributed by atoms with Crippen molar-refractivity contribution in [1.82, 2.24) is 9.24 Å². The third-order valence-electron chi connectivity index (χ3n) is 4.53. The molecule has 5 nitrogen and oxygen atoms in total. The molecule has 0 radical (unpaired) electrons. The Morgan fingerprint density at radius 1 is 1.11 bits per heavy atom. The molecular weight excluding hydrogens is 375 g/mol. The summed E-state index contributed by atoms with van der Waals surface area (Å²) in [6.45, 7) is 8.56. The van der Waals surface area contributed by atoms with Gasteiger partial charge in [-0.3, -0.25) is 4.79 Å². The van der Waals surface area contributed by atoms with E-state index < -0.39 is 31.2 Å². The topological polar surface area (TPSA) is 70.0 Å². The Hall–Kier alpha value is -2.73. The van der Waals surface area contributed by atoms with Crippen LogP contribution in [-0.2, 0) is 6.18 Å². The second-order valence-electron chi connectivity index (χ2n) is 7.03. The lowest BCUT2D eigenvalue weighted by molar-refractivity contribution is -0.143. The first kappa shape index (κ1) is 20.6. The van der Waals surface area contributed by atoms with Crippen LogP contribution in [0.15, 0.2) is 39.9 Å². The Balaban J connectivity index is 2.48. The summed E-state index contributed by atoms with van der Waals surface area (Å²) >= 11 is 0. The van der Waals surface area contributed by atoms with E-state index in [2.05, 4.69) is 38.4 Å². The first-order chi connectivity index (χ1) is 12.3. The van der Waals surface area contributed by atoms with Crippen LogP contribution in [0.3, 0.4) is 0 Å². The van der Waals surface area contributed by atoms with Crippen LogP contribution in [0.4, 0.5) is 13.2 Å². The second kappa shape index (κ2) is 7.11. The lowest BCUT2D eigenvalue weighted by Gasteiger charge is -2.19. The number of halogens is 3. The standard InChI is InChI=1S/C18H20F3N3O2Si/c1-12(2)27(3,4)10-9-13-5-7-14(8-6-13)23-16(25)11-15(18(19,20)21)24(22)17(23)26/h5-8,11-12H,22H2,1-4H3. The Bertz CT molecular complexity index is 1020. The molecule has 2 aromatic rings. The highest BCUT2D eigenvalue weighted by Gasteiger charge is 2.35. The van der Waals surface area contributed by atoms with E-state index >= 15 is 0 Å². The molecule has 0 aliphatic heterocycles. The number of nitrogen functional groups attached to an aromatic ring is 1. The summed E-state index contributed by atoms with van der Waals surface area (Å²) in [5.74, 6) is 8.32. The van der Waals surface area contributed by atoms with Crippen molar-refractivity contribution in [2.45, 2.75) is 38.7 Å². The van der Waals surface area contributed by atoms with Gasteiger partial charge in [0.1, 0.15) is 8.07 Å². The number of nitrogens with two attached hydrogens (primary N) is 1. The largest absolute Gasteiger partial charge is 0.433 e. The van der Waals surface area contributed by atoms with E-state index in [1.54, 1.807) is 12.1 Å². The van der Waals surface area contributed by atoms with Gasteiger partial charge in [0.2, 0.25) is 0 Å². The van der Waals surface area contributed by atoms with Crippen LogP contribution in [0.25, 0.3) is 5.69 Å². The summed E-state index contributed by atoms with van der Waals surface area (Å²) in [5.41, 5.74) is 0.698. The maximum absolute atomic E-state index is 12.8. The van der Waals surface area contributed by atoms with Crippen molar-refractivity contribution in [3.8, 4) is 17.2 Å². The summed E-state index contributed by atoms with van der Waals surface area (Å²) in [6, 6.07) is 6.41. The molecule has 0 aliphatic rings. The summed E-state index contributed by atoms with van der Waals surface area (Å²) in [4.78, 5) is 24.2. The highest BCUT2D eigenvalue weighted by Crippen LogP contribution is 2.26. The summed E-state index contributed by atoms with van der Waals surface area (Å²) < 4.78 is 39.0. The van der Waals surface area contributed by atoms with Crippen LogP contribution < -0.4 is 17.1 Å². The minimum Gasteiger partial charge on any atom is -0.335 e. The fraction of sp³-hybridized carbons (Fsp3) is 0.333. The second-order valence-corrected chi connectivity index (χ2v) is 11.9. The summed E-state index contributed by atoms with van der Waals surface area (Å²) in [7, 11) is -1.68. The van der Waals surface area contributed by atoms with Gasteiger partial charge in [0, 0.05) is 11.6 Å². The van der Waals surface area contributed by atoms with Crippen LogP contribution in [0.5, 0.6) is 0 Å². The molecule has 0 bridgehead atoms. The number of aromatic nitrogens is 2. The van der Waals surface area contributed by atoms with Crippen LogP contribution in [-0.4, -0.2) is 17.3 Å². The average Bonchev–Trinajstić information content (AvgIpc) is 2.56. The molecule has 0 atom stereocenters. The van der Waals surface area contributed by atoms with E-state index in [9.17, 15) is 22.8 Å². The van der Waals surface area contributed by atoms with Crippen molar-refractivity contribution in [1.29, 1.82) is 0 Å². The molecule has 2 N–H and O–H groups in total. The van der Waals surface area contributed by atoms with Crippen molar-refractivity contribution < 1.29 is 13.2 Å². The molecule has 27 heavy (non-hydrogen) atoms. The van der Waals surface area contributed by atoms with Gasteiger partial charge in [0.05, 0.1) is 5.69 Å². The minimum atomic E-state index is -4.90. The number of hydrogen-bond donors (Lipinski definition) is 1. The maximum atomic E-state index is 12.8. The van der Waals surface area contributed by atoms with Gasteiger partial charge in [0.25, 0.3) is 5.56 Å². The van der Waals surface area contributed by atoms with Gasteiger partial charge in [0.15, 0.2) is 5.69 Å². The Morgan fingerprint density at radius 3 is 2.15 bits per heavy atom. The predicted molar refractivity (Wildman–Crippen MR) is 101 cm³/mol. The van der Waals surface area contributed by atoms with Gasteiger partial charge in [-0.2, -0.15) is 13.2 Å². The normalized spacial score (nSPS) is 12.0. The fourth-order valence-electron chi connectivity index (χ4n) is 2.08. The molecule has 0 unspecified atom stereocenters. The fourth-order valence-corrected chi connectivity index (χ4v) is 2.84. The number of benzene rings is 1. The SMILES string of the molecule is CC(C)[Si](C)(C)C#Cc1ccc(-n2c(=O)cc(C(F)(F)F)n(N)c2=O)cc1. The molecule has 2 rings (SSSR count). The Labute approximate surface area is 155 Å². The Kier molecular flexibility index (Phi) is 5.42. The molecule has 1 aromatic carbocycles. The van der Waals surface area contributed by atoms with Gasteiger partial charge >= 0.3 is 11.9 Å². The monoisotopic (exact) mass is 395 g/mol. The maximum Gasteiger partial charge on any atom is 0.433 e. The molecule has 9 heteroatoms. The quantitative estimate of drug-likeness (QED) is 0.483. The molecule has 0 saturated carbocycles. The Morgan fingerprint density at radius 2 is 1.67 bits per heavy atom. The van der Waals surface area contributed by atoms with E-state index in [-0.39, 0.29) is 10.4 Å². The molecule has 0 spiro atoms. The van der Waals surface area contributed by atoms with Crippen molar-refractivity contribution in [3.05, 3.63) is 62.4 Å². The first-order valence-corrected chi connectivity index (χ1v) is 11.3. The van der Waals surface area contributed by atoms with Crippen LogP contribution >= 0.6 is 0 Å². The number of rotatable bonds is 2. The highest BCUT2D eigenvalue weighted by atomic mass is 28.3. The zero-order valence-corrected chi connectivity index (χ0v) is 16.4. The summed E-state index contributed by atoms with van der Waals surface area (Å²) in [5, 5.41) is 0. The highest BCUT2D eigenvalue weighted by molar-refractivity contribution is 6.86. The molecule has 1 heterocycles. The van der Waals surface area contributed by atoms with E-state index in [0.29, 0.717) is 21.7 Å². The molecule has 0 aliphatic carbocycles. The lowest BCUT2D eigenvalue weighted by Crippen LogP contribution is -2.45. The van der Waals surface area contributed by atoms with E-state index in [1.807, 2.05) is 0 Å². The molecule has 0 fully saturated rings. The van der Waals surface area contributed by atoms with Crippen molar-refractivity contribution in [2.75, 3.05) is 5.84 Å². The molecule has 0 saturated heterocycles. The van der Waals surface area contributed by atoms with Gasteiger partial charge in [-0.05, 0) is 29.8 Å².